The van der Waals surface area contributed by atoms with Crippen LogP contribution in [-0.2, 0) is 13.0 Å². The fourth-order valence-corrected chi connectivity index (χ4v) is 4.34. The number of nitrogens with one attached hydrogen (secondary N) is 1. The van der Waals surface area contributed by atoms with Crippen molar-refractivity contribution in [1.82, 2.24) is 0 Å². The maximum atomic E-state index is 6.17. The Kier molecular flexibility index (Phi) is 4.53. The van der Waals surface area contributed by atoms with Gasteiger partial charge >= 0.3 is 0 Å². The van der Waals surface area contributed by atoms with Crippen molar-refractivity contribution in [2.75, 3.05) is 5.32 Å². The van der Waals surface area contributed by atoms with E-state index in [4.69, 9.17) is 22.3 Å². The fraction of sp³-hybridized carbons (Fsp3) is 0.381. The van der Waals surface area contributed by atoms with Crippen LogP contribution in [0.4, 0.5) is 5.69 Å². The van der Waals surface area contributed by atoms with Crippen molar-refractivity contribution >= 4 is 23.1 Å². The molecule has 1 aliphatic carbocycles. The SMILES string of the molecule is NC1CCC2(CC1)Cc1ccccc1NC2=NCc1cccc(Cl)c1. The molecule has 1 saturated carbocycles. The number of amidine groups is 1. The Hall–Kier alpha value is -1.84. The van der Waals surface area contributed by atoms with Crippen molar-refractivity contribution in [3.05, 3.63) is 64.7 Å². The first kappa shape index (κ1) is 16.6. The second kappa shape index (κ2) is 6.81. The molecule has 130 valence electrons. The fourth-order valence-electron chi connectivity index (χ4n) is 4.12. The summed E-state index contributed by atoms with van der Waals surface area (Å²) in [7, 11) is 0. The highest BCUT2D eigenvalue weighted by atomic mass is 35.5. The van der Waals surface area contributed by atoms with Crippen LogP contribution in [0.3, 0.4) is 0 Å². The van der Waals surface area contributed by atoms with Gasteiger partial charge in [0.25, 0.3) is 0 Å². The summed E-state index contributed by atoms with van der Waals surface area (Å²) in [6.45, 7) is 0.652. The minimum absolute atomic E-state index is 0.1000. The largest absolute Gasteiger partial charge is 0.343 e. The van der Waals surface area contributed by atoms with E-state index in [9.17, 15) is 0 Å². The van der Waals surface area contributed by atoms with Gasteiger partial charge in [0.1, 0.15) is 5.84 Å². The van der Waals surface area contributed by atoms with Crippen LogP contribution in [0.2, 0.25) is 5.02 Å². The van der Waals surface area contributed by atoms with Crippen LogP contribution in [-0.4, -0.2) is 11.9 Å². The molecule has 2 aliphatic rings. The number of nitrogens with zero attached hydrogens (tertiary/aromatic N) is 1. The molecule has 1 spiro atoms. The summed E-state index contributed by atoms with van der Waals surface area (Å²) in [6.07, 6.45) is 5.39. The van der Waals surface area contributed by atoms with Gasteiger partial charge in [-0.2, -0.15) is 0 Å². The third kappa shape index (κ3) is 3.44. The van der Waals surface area contributed by atoms with E-state index in [-0.39, 0.29) is 5.41 Å². The third-order valence-electron chi connectivity index (χ3n) is 5.60. The van der Waals surface area contributed by atoms with E-state index >= 15 is 0 Å². The molecule has 4 rings (SSSR count). The smallest absolute Gasteiger partial charge is 0.108 e. The number of nitrogens with two attached hydrogens (primary N) is 1. The summed E-state index contributed by atoms with van der Waals surface area (Å²) in [5.74, 6) is 1.12. The molecule has 1 aliphatic heterocycles. The van der Waals surface area contributed by atoms with E-state index in [1.54, 1.807) is 0 Å². The number of rotatable bonds is 2. The van der Waals surface area contributed by atoms with Gasteiger partial charge in [0, 0.05) is 22.2 Å². The van der Waals surface area contributed by atoms with Gasteiger partial charge in [-0.1, -0.05) is 41.9 Å². The zero-order valence-electron chi connectivity index (χ0n) is 14.3. The predicted octanol–water partition coefficient (Wildman–Crippen LogP) is 4.79. The highest BCUT2D eigenvalue weighted by molar-refractivity contribution is 6.30. The summed E-state index contributed by atoms with van der Waals surface area (Å²) >= 11 is 6.11. The zero-order valence-corrected chi connectivity index (χ0v) is 15.1. The monoisotopic (exact) mass is 353 g/mol. The number of fused-ring (bicyclic) bond motifs is 1. The molecular formula is C21H24ClN3. The normalized spacial score (nSPS) is 27.1. The van der Waals surface area contributed by atoms with Gasteiger partial charge in [-0.3, -0.25) is 4.99 Å². The molecule has 1 fully saturated rings. The number of halogens is 1. The first-order valence-electron chi connectivity index (χ1n) is 9.05. The second-order valence-corrected chi connectivity index (χ2v) is 7.81. The maximum Gasteiger partial charge on any atom is 0.108 e. The molecule has 1 heterocycles. The number of anilines is 1. The zero-order chi connectivity index (χ0) is 17.3. The van der Waals surface area contributed by atoms with Crippen molar-refractivity contribution < 1.29 is 0 Å². The molecule has 0 amide bonds. The van der Waals surface area contributed by atoms with Crippen LogP contribution in [0.5, 0.6) is 0 Å². The Bertz CT molecular complexity index is 791. The summed E-state index contributed by atoms with van der Waals surface area (Å²) < 4.78 is 0. The van der Waals surface area contributed by atoms with E-state index in [1.165, 1.54) is 11.3 Å². The van der Waals surface area contributed by atoms with Gasteiger partial charge in [-0.05, 0) is 61.4 Å². The third-order valence-corrected chi connectivity index (χ3v) is 5.83. The summed E-state index contributed by atoms with van der Waals surface area (Å²) in [5.41, 5.74) is 9.99. The lowest BCUT2D eigenvalue weighted by Gasteiger charge is -2.44. The summed E-state index contributed by atoms with van der Waals surface area (Å²) in [5, 5.41) is 4.40. The minimum atomic E-state index is 0.1000. The molecule has 0 saturated heterocycles. The van der Waals surface area contributed by atoms with Crippen LogP contribution in [0, 0.1) is 5.41 Å². The minimum Gasteiger partial charge on any atom is -0.343 e. The van der Waals surface area contributed by atoms with E-state index in [0.717, 1.165) is 48.5 Å². The summed E-state index contributed by atoms with van der Waals surface area (Å²) in [4.78, 5) is 5.00. The molecule has 0 unspecified atom stereocenters. The molecule has 0 aromatic heterocycles. The van der Waals surface area contributed by atoms with Crippen LogP contribution in [0.25, 0.3) is 0 Å². The van der Waals surface area contributed by atoms with Crippen molar-refractivity contribution in [2.24, 2.45) is 16.1 Å². The van der Waals surface area contributed by atoms with E-state index < -0.39 is 0 Å². The average Bonchev–Trinajstić information content (AvgIpc) is 2.62. The first-order valence-corrected chi connectivity index (χ1v) is 9.42. The molecular weight excluding hydrogens is 330 g/mol. The van der Waals surface area contributed by atoms with Gasteiger partial charge in [0.2, 0.25) is 0 Å². The predicted molar refractivity (Wildman–Crippen MR) is 105 cm³/mol. The Morgan fingerprint density at radius 3 is 2.72 bits per heavy atom. The lowest BCUT2D eigenvalue weighted by atomic mass is 9.66. The Morgan fingerprint density at radius 2 is 1.92 bits per heavy atom. The van der Waals surface area contributed by atoms with Gasteiger partial charge in [-0.15, -0.1) is 0 Å². The van der Waals surface area contributed by atoms with Crippen molar-refractivity contribution in [1.29, 1.82) is 0 Å². The van der Waals surface area contributed by atoms with Crippen LogP contribution >= 0.6 is 11.6 Å². The number of para-hydroxylation sites is 1. The summed E-state index contributed by atoms with van der Waals surface area (Å²) in [6, 6.07) is 16.9. The molecule has 4 heteroatoms. The van der Waals surface area contributed by atoms with E-state index in [1.807, 2.05) is 18.2 Å². The van der Waals surface area contributed by atoms with Crippen molar-refractivity contribution in [2.45, 2.75) is 44.7 Å². The molecule has 2 aromatic rings. The van der Waals surface area contributed by atoms with Gasteiger partial charge in [0.15, 0.2) is 0 Å². The highest BCUT2D eigenvalue weighted by Gasteiger charge is 2.42. The number of hydrogen-bond acceptors (Lipinski definition) is 2. The first-order chi connectivity index (χ1) is 12.1. The average molecular weight is 354 g/mol. The van der Waals surface area contributed by atoms with Gasteiger partial charge < -0.3 is 11.1 Å². The second-order valence-electron chi connectivity index (χ2n) is 7.37. The van der Waals surface area contributed by atoms with Crippen molar-refractivity contribution in [3.8, 4) is 0 Å². The number of aliphatic imine (C=N–C) groups is 1. The number of benzene rings is 2. The Balaban J connectivity index is 1.66. The molecule has 0 atom stereocenters. The maximum absolute atomic E-state index is 6.17. The lowest BCUT2D eigenvalue weighted by molar-refractivity contribution is 0.256. The molecule has 2 aromatic carbocycles. The highest BCUT2D eigenvalue weighted by Crippen LogP contribution is 2.44. The van der Waals surface area contributed by atoms with Crippen LogP contribution in [0.15, 0.2) is 53.5 Å². The van der Waals surface area contributed by atoms with Gasteiger partial charge in [0.05, 0.1) is 6.54 Å². The molecule has 3 nitrogen and oxygen atoms in total. The van der Waals surface area contributed by atoms with Crippen LogP contribution < -0.4 is 11.1 Å². The van der Waals surface area contributed by atoms with Crippen LogP contribution in [0.1, 0.15) is 36.8 Å². The molecule has 0 radical (unpaired) electrons. The van der Waals surface area contributed by atoms with E-state index in [2.05, 4.69) is 35.6 Å². The topological polar surface area (TPSA) is 50.4 Å². The molecule has 3 N–H and O–H groups in total. The Morgan fingerprint density at radius 1 is 1.12 bits per heavy atom. The van der Waals surface area contributed by atoms with Crippen molar-refractivity contribution in [3.63, 3.8) is 0 Å². The standard InChI is InChI=1S/C21H24ClN3/c22-17-6-3-4-15(12-17)14-24-20-21(10-8-18(23)9-11-21)13-16-5-1-2-7-19(16)25-20/h1-7,12,18H,8-11,13-14,23H2,(H,24,25). The molecule has 0 bridgehead atoms. The lowest BCUT2D eigenvalue weighted by Crippen LogP contribution is -2.46. The molecule has 25 heavy (non-hydrogen) atoms. The van der Waals surface area contributed by atoms with E-state index in [0.29, 0.717) is 12.6 Å². The quantitative estimate of drug-likeness (QED) is 0.815. The van der Waals surface area contributed by atoms with Gasteiger partial charge in [-0.25, -0.2) is 0 Å². The number of hydrogen-bond donors (Lipinski definition) is 2. The Labute approximate surface area is 154 Å².